The van der Waals surface area contributed by atoms with Gasteiger partial charge in [0.25, 0.3) is 0 Å². The minimum Gasteiger partial charge on any atom is -0.127 e. The van der Waals surface area contributed by atoms with Crippen LogP contribution >= 0.6 is 38.9 Å². The molecule has 186 valence electrons. The van der Waals surface area contributed by atoms with Crippen LogP contribution in [0.4, 0.5) is 0 Å². The number of rotatable bonds is 4. The van der Waals surface area contributed by atoms with Crippen LogP contribution in [0.3, 0.4) is 0 Å². The highest BCUT2D eigenvalue weighted by Gasteiger charge is 2.23. The Balaban J connectivity index is 1.56. The summed E-state index contributed by atoms with van der Waals surface area (Å²) in [6, 6.07) is 47.2. The second-order valence-corrected chi connectivity index (χ2v) is 12.3. The molecule has 0 aliphatic heterocycles. The maximum atomic E-state index is 6.31. The molecule has 6 aromatic carbocycles. The number of hydrogen-bond acceptors (Lipinski definition) is 1. The van der Waals surface area contributed by atoms with E-state index in [2.05, 4.69) is 137 Å². The van der Waals surface area contributed by atoms with Gasteiger partial charge >= 0.3 is 0 Å². The van der Waals surface area contributed by atoms with E-state index in [1.54, 1.807) is 0 Å². The van der Waals surface area contributed by atoms with Gasteiger partial charge in [-0.2, -0.15) is 0 Å². The fourth-order valence-corrected chi connectivity index (χ4v) is 7.69. The molecule has 7 aromatic rings. The van der Waals surface area contributed by atoms with E-state index in [4.69, 9.17) is 11.6 Å². The molecule has 0 unspecified atom stereocenters. The van der Waals surface area contributed by atoms with Crippen LogP contribution < -0.4 is 0 Å². The van der Waals surface area contributed by atoms with Gasteiger partial charge < -0.3 is 0 Å². The monoisotopic (exact) mass is 600 g/mol. The summed E-state index contributed by atoms with van der Waals surface area (Å²) < 4.78 is 2.42. The van der Waals surface area contributed by atoms with Gasteiger partial charge in [0.1, 0.15) is 0 Å². The Hall–Kier alpha value is -3.69. The molecule has 0 bridgehead atoms. The predicted octanol–water partition coefficient (Wildman–Crippen LogP) is 12.1. The van der Waals surface area contributed by atoms with Crippen molar-refractivity contribution in [3.63, 3.8) is 0 Å². The highest BCUT2D eigenvalue weighted by molar-refractivity contribution is 9.11. The number of benzene rings is 6. The summed E-state index contributed by atoms with van der Waals surface area (Å²) in [6.07, 6.45) is 0. The predicted molar refractivity (Wildman–Crippen MR) is 174 cm³/mol. The van der Waals surface area contributed by atoms with Crippen LogP contribution in [0.1, 0.15) is 0 Å². The van der Waals surface area contributed by atoms with Crippen LogP contribution in [0.15, 0.2) is 137 Å². The van der Waals surface area contributed by atoms with E-state index in [-0.39, 0.29) is 0 Å². The van der Waals surface area contributed by atoms with Crippen LogP contribution in [0.2, 0.25) is 5.02 Å². The quantitative estimate of drug-likeness (QED) is 0.188. The van der Waals surface area contributed by atoms with Crippen molar-refractivity contribution in [2.45, 2.75) is 0 Å². The van der Waals surface area contributed by atoms with Crippen LogP contribution in [-0.2, 0) is 0 Å². The van der Waals surface area contributed by atoms with E-state index in [1.807, 2.05) is 23.5 Å². The van der Waals surface area contributed by atoms with Gasteiger partial charge in [0.05, 0.1) is 3.79 Å². The summed E-state index contributed by atoms with van der Waals surface area (Å²) in [6.45, 7) is 0. The first-order valence-corrected chi connectivity index (χ1v) is 14.8. The topological polar surface area (TPSA) is 0 Å². The first kappa shape index (κ1) is 24.4. The van der Waals surface area contributed by atoms with Gasteiger partial charge in [0.15, 0.2) is 0 Å². The van der Waals surface area contributed by atoms with Crippen molar-refractivity contribution in [1.29, 1.82) is 0 Å². The van der Waals surface area contributed by atoms with E-state index < -0.39 is 0 Å². The lowest BCUT2D eigenvalue weighted by Crippen LogP contribution is -1.90. The third-order valence-electron chi connectivity index (χ3n) is 7.28. The summed E-state index contributed by atoms with van der Waals surface area (Å²) in [5.41, 5.74) is 9.75. The smallest absolute Gasteiger partial charge is 0.0789 e. The largest absolute Gasteiger partial charge is 0.127 e. The van der Waals surface area contributed by atoms with Gasteiger partial charge in [0, 0.05) is 26.2 Å². The molecule has 0 amide bonds. The Labute approximate surface area is 245 Å². The van der Waals surface area contributed by atoms with E-state index in [0.29, 0.717) is 0 Å². The van der Waals surface area contributed by atoms with Crippen molar-refractivity contribution in [1.82, 2.24) is 0 Å². The first-order valence-electron chi connectivity index (χ1n) is 12.8. The van der Waals surface area contributed by atoms with E-state index in [1.165, 1.54) is 59.8 Å². The van der Waals surface area contributed by atoms with Crippen molar-refractivity contribution in [2.24, 2.45) is 0 Å². The minimum absolute atomic E-state index is 0.741. The fraction of sp³-hybridized carbons (Fsp3) is 0. The van der Waals surface area contributed by atoms with E-state index in [0.717, 1.165) is 14.4 Å². The molecule has 0 aliphatic carbocycles. The lowest BCUT2D eigenvalue weighted by Gasteiger charge is -2.17. The number of fused-ring (bicyclic) bond motifs is 3. The lowest BCUT2D eigenvalue weighted by molar-refractivity contribution is 1.61. The summed E-state index contributed by atoms with van der Waals surface area (Å²) >= 11 is 12.1. The van der Waals surface area contributed by atoms with Crippen molar-refractivity contribution in [3.05, 3.63) is 142 Å². The Bertz CT molecular complexity index is 1940. The van der Waals surface area contributed by atoms with Crippen molar-refractivity contribution in [2.75, 3.05) is 0 Å². The van der Waals surface area contributed by atoms with E-state index in [9.17, 15) is 0 Å². The maximum absolute atomic E-state index is 6.31. The maximum Gasteiger partial charge on any atom is 0.0789 e. The highest BCUT2D eigenvalue weighted by Crippen LogP contribution is 2.53. The molecule has 0 radical (unpaired) electrons. The molecule has 39 heavy (non-hydrogen) atoms. The third kappa shape index (κ3) is 4.30. The molecule has 7 rings (SSSR count). The summed E-state index contributed by atoms with van der Waals surface area (Å²) in [7, 11) is 0. The number of halogens is 2. The van der Waals surface area contributed by atoms with Gasteiger partial charge in [-0.3, -0.25) is 0 Å². The van der Waals surface area contributed by atoms with E-state index >= 15 is 0 Å². The summed E-state index contributed by atoms with van der Waals surface area (Å²) in [5, 5.41) is 4.51. The van der Waals surface area contributed by atoms with Crippen LogP contribution in [0, 0.1) is 0 Å². The SMILES string of the molecule is Clc1ccc(-c2c(-c3ccccc3)c3sc(Br)c(-c4ccc(-c5ccccc5)cc4)c3c3ccccc23)cc1. The Kier molecular flexibility index (Phi) is 6.33. The molecule has 0 aliphatic rings. The average Bonchev–Trinajstić information content (AvgIpc) is 3.34. The summed E-state index contributed by atoms with van der Waals surface area (Å²) in [5.74, 6) is 0. The normalized spacial score (nSPS) is 11.3. The highest BCUT2D eigenvalue weighted by atomic mass is 79.9. The van der Waals surface area contributed by atoms with Crippen LogP contribution in [-0.4, -0.2) is 0 Å². The second-order valence-electron chi connectivity index (χ2n) is 9.57. The molecular weight excluding hydrogens is 580 g/mol. The molecule has 0 saturated heterocycles. The molecular formula is C36H22BrClS. The second kappa shape index (κ2) is 10.1. The molecule has 1 heterocycles. The number of thiophene rings is 1. The van der Waals surface area contributed by atoms with Gasteiger partial charge in [-0.1, -0.05) is 133 Å². The average molecular weight is 602 g/mol. The van der Waals surface area contributed by atoms with Crippen molar-refractivity contribution in [3.8, 4) is 44.5 Å². The molecule has 0 saturated carbocycles. The zero-order valence-corrected chi connectivity index (χ0v) is 24.0. The molecule has 0 spiro atoms. The minimum atomic E-state index is 0.741. The van der Waals surface area contributed by atoms with Gasteiger partial charge in [-0.25, -0.2) is 0 Å². The lowest BCUT2D eigenvalue weighted by atomic mass is 9.86. The molecule has 0 nitrogen and oxygen atoms in total. The molecule has 0 atom stereocenters. The summed E-state index contributed by atoms with van der Waals surface area (Å²) in [4.78, 5) is 0. The molecule has 0 fully saturated rings. The van der Waals surface area contributed by atoms with Gasteiger partial charge in [-0.05, 0) is 72.2 Å². The van der Waals surface area contributed by atoms with Crippen LogP contribution in [0.25, 0.3) is 65.4 Å². The Morgan fingerprint density at radius 2 is 0.897 bits per heavy atom. The first-order chi connectivity index (χ1) is 19.2. The zero-order valence-electron chi connectivity index (χ0n) is 20.9. The van der Waals surface area contributed by atoms with Gasteiger partial charge in [-0.15, -0.1) is 11.3 Å². The number of hydrogen-bond donors (Lipinski definition) is 0. The van der Waals surface area contributed by atoms with Gasteiger partial charge in [0.2, 0.25) is 0 Å². The standard InChI is InChI=1S/C36H22BrClS/c37-36-33(27-17-15-24(16-18-27)23-9-3-1-4-10-23)34-30-14-8-7-13-29(30)31(26-19-21-28(38)22-20-26)32(35(34)39-36)25-11-5-2-6-12-25/h1-22H. The fourth-order valence-electron chi connectivity index (χ4n) is 5.52. The molecule has 1 aromatic heterocycles. The molecule has 0 N–H and O–H groups in total. The Morgan fingerprint density at radius 3 is 1.56 bits per heavy atom. The van der Waals surface area contributed by atoms with Crippen LogP contribution in [0.5, 0.6) is 0 Å². The molecule has 3 heteroatoms. The zero-order chi connectivity index (χ0) is 26.3. The van der Waals surface area contributed by atoms with Crippen molar-refractivity contribution >= 4 is 59.7 Å². The van der Waals surface area contributed by atoms with Crippen molar-refractivity contribution < 1.29 is 0 Å². The third-order valence-corrected chi connectivity index (χ3v) is 9.41. The Morgan fingerprint density at radius 1 is 0.436 bits per heavy atom.